The zero-order valence-corrected chi connectivity index (χ0v) is 18.6. The number of hydrogen-bond acceptors (Lipinski definition) is 1. The number of nitriles is 1. The number of nitrogens with zero attached hydrogens (tertiary/aromatic N) is 1. The maximum absolute atomic E-state index is 8.68. The molecule has 128 valence electrons. The van der Waals surface area contributed by atoms with Crippen LogP contribution in [0.1, 0.15) is 75.3 Å². The molecular formula is C19H26Br3N. The molecule has 4 heteroatoms. The van der Waals surface area contributed by atoms with Crippen molar-refractivity contribution in [3.8, 4) is 6.07 Å². The molecule has 0 bridgehead atoms. The average molecular weight is 508 g/mol. The van der Waals surface area contributed by atoms with Crippen molar-refractivity contribution >= 4 is 47.8 Å². The fourth-order valence-electron chi connectivity index (χ4n) is 2.76. The first-order valence-electron chi connectivity index (χ1n) is 8.51. The van der Waals surface area contributed by atoms with Gasteiger partial charge in [-0.2, -0.15) is 5.26 Å². The van der Waals surface area contributed by atoms with Gasteiger partial charge in [-0.25, -0.2) is 0 Å². The number of unbranched alkanes of at least 4 members (excludes halogenated alkanes) is 5. The van der Waals surface area contributed by atoms with E-state index in [4.69, 9.17) is 5.26 Å². The van der Waals surface area contributed by atoms with E-state index in [0.717, 1.165) is 12.8 Å². The van der Waals surface area contributed by atoms with Crippen LogP contribution in [0.3, 0.4) is 0 Å². The van der Waals surface area contributed by atoms with Crippen LogP contribution in [0.25, 0.3) is 0 Å². The van der Waals surface area contributed by atoms with Crippen molar-refractivity contribution in [3.63, 3.8) is 0 Å². The molecule has 0 saturated carbocycles. The summed E-state index contributed by atoms with van der Waals surface area (Å²) < 4.78 is -0.259. The molecule has 0 spiro atoms. The summed E-state index contributed by atoms with van der Waals surface area (Å²) in [5, 5.41) is 8.68. The number of alkyl halides is 3. The average Bonchev–Trinajstić information content (AvgIpc) is 2.52. The topological polar surface area (TPSA) is 23.8 Å². The van der Waals surface area contributed by atoms with Crippen LogP contribution in [0, 0.1) is 11.3 Å². The fraction of sp³-hybridized carbons (Fsp3) is 0.632. The van der Waals surface area contributed by atoms with Gasteiger partial charge >= 0.3 is 0 Å². The van der Waals surface area contributed by atoms with Gasteiger partial charge in [0.15, 0.2) is 0 Å². The molecule has 23 heavy (non-hydrogen) atoms. The van der Waals surface area contributed by atoms with E-state index in [9.17, 15) is 0 Å². The second kappa shape index (κ2) is 11.7. The molecule has 1 unspecified atom stereocenters. The number of aryl methyl sites for hydroxylation is 1. The highest BCUT2D eigenvalue weighted by atomic mass is 80.0. The highest BCUT2D eigenvalue weighted by Crippen LogP contribution is 2.49. The molecule has 1 rings (SSSR count). The third-order valence-electron chi connectivity index (χ3n) is 4.15. The minimum atomic E-state index is -0.259. The Balaban J connectivity index is 2.59. The molecule has 0 aliphatic rings. The Morgan fingerprint density at radius 2 is 1.61 bits per heavy atom. The minimum Gasteiger partial charge on any atom is -0.198 e. The van der Waals surface area contributed by atoms with Gasteiger partial charge < -0.3 is 0 Å². The molecule has 0 heterocycles. The predicted octanol–water partition coefficient (Wildman–Crippen LogP) is 7.82. The van der Waals surface area contributed by atoms with Crippen LogP contribution < -0.4 is 0 Å². The van der Waals surface area contributed by atoms with Crippen molar-refractivity contribution in [3.05, 3.63) is 35.4 Å². The summed E-state index contributed by atoms with van der Waals surface area (Å²) in [5.74, 6) is 0.374. The summed E-state index contributed by atoms with van der Waals surface area (Å²) in [4.78, 5) is 0. The Hall–Kier alpha value is 0.150. The predicted molar refractivity (Wildman–Crippen MR) is 111 cm³/mol. The van der Waals surface area contributed by atoms with Gasteiger partial charge in [0.05, 0.1) is 6.07 Å². The number of hydrogen-bond donors (Lipinski definition) is 0. The third-order valence-corrected chi connectivity index (χ3v) is 5.81. The van der Waals surface area contributed by atoms with Crippen LogP contribution in [0.5, 0.6) is 0 Å². The van der Waals surface area contributed by atoms with Gasteiger partial charge in [0.2, 0.25) is 0 Å². The SMILES string of the molecule is CCCCCCCCC(c1ccc(CCC#N)cc1)C(Br)(Br)Br. The molecule has 0 N–H and O–H groups in total. The lowest BCUT2D eigenvalue weighted by Crippen LogP contribution is -2.15. The molecular weight excluding hydrogens is 482 g/mol. The molecule has 0 aliphatic carbocycles. The number of halogens is 3. The molecule has 0 aromatic heterocycles. The second-order valence-electron chi connectivity index (χ2n) is 6.05. The summed E-state index contributed by atoms with van der Waals surface area (Å²) in [7, 11) is 0. The smallest absolute Gasteiger partial charge is 0.141 e. The van der Waals surface area contributed by atoms with Crippen LogP contribution >= 0.6 is 47.8 Å². The van der Waals surface area contributed by atoms with Gasteiger partial charge in [0, 0.05) is 12.3 Å². The van der Waals surface area contributed by atoms with Crippen molar-refractivity contribution in [1.29, 1.82) is 5.26 Å². The van der Waals surface area contributed by atoms with Gasteiger partial charge in [0.1, 0.15) is 2.14 Å². The zero-order chi connectivity index (χ0) is 17.1. The second-order valence-corrected chi connectivity index (χ2v) is 13.0. The van der Waals surface area contributed by atoms with E-state index < -0.39 is 0 Å². The van der Waals surface area contributed by atoms with Crippen molar-refractivity contribution < 1.29 is 0 Å². The molecule has 0 fully saturated rings. The number of rotatable bonds is 10. The molecule has 0 saturated heterocycles. The zero-order valence-electron chi connectivity index (χ0n) is 13.8. The maximum atomic E-state index is 8.68. The highest BCUT2D eigenvalue weighted by molar-refractivity contribution is 9.39. The third kappa shape index (κ3) is 8.70. The van der Waals surface area contributed by atoms with Crippen LogP contribution in [0.2, 0.25) is 0 Å². The standard InChI is InChI=1S/C19H26Br3N/c1-2-3-4-5-6-7-10-18(19(20,21)22)17-13-11-16(12-14-17)9-8-15-23/h11-14,18H,2-10H2,1H3. The lowest BCUT2D eigenvalue weighted by Gasteiger charge is -2.26. The Morgan fingerprint density at radius 3 is 2.17 bits per heavy atom. The van der Waals surface area contributed by atoms with Gasteiger partial charge in [-0.15, -0.1) is 0 Å². The number of benzene rings is 1. The Kier molecular flexibility index (Phi) is 10.7. The molecule has 0 radical (unpaired) electrons. The maximum Gasteiger partial charge on any atom is 0.141 e. The molecule has 0 amide bonds. The Morgan fingerprint density at radius 1 is 1.00 bits per heavy atom. The van der Waals surface area contributed by atoms with Crippen LogP contribution in [-0.4, -0.2) is 2.14 Å². The summed E-state index contributed by atoms with van der Waals surface area (Å²) in [5.41, 5.74) is 2.56. The molecule has 1 atom stereocenters. The van der Waals surface area contributed by atoms with Crippen LogP contribution in [0.15, 0.2) is 24.3 Å². The first-order valence-corrected chi connectivity index (χ1v) is 10.9. The van der Waals surface area contributed by atoms with Crippen molar-refractivity contribution in [1.82, 2.24) is 0 Å². The Labute approximate surface area is 166 Å². The van der Waals surface area contributed by atoms with E-state index in [1.165, 1.54) is 49.7 Å². The monoisotopic (exact) mass is 505 g/mol. The first kappa shape index (κ1) is 21.2. The minimum absolute atomic E-state index is 0.259. The van der Waals surface area contributed by atoms with E-state index >= 15 is 0 Å². The molecule has 0 aliphatic heterocycles. The van der Waals surface area contributed by atoms with E-state index in [0.29, 0.717) is 12.3 Å². The highest BCUT2D eigenvalue weighted by Gasteiger charge is 2.31. The van der Waals surface area contributed by atoms with Crippen molar-refractivity contribution in [2.24, 2.45) is 0 Å². The summed E-state index contributed by atoms with van der Waals surface area (Å²) in [6.45, 7) is 2.26. The normalized spacial score (nSPS) is 12.8. The fourth-order valence-corrected chi connectivity index (χ4v) is 4.24. The molecule has 1 aromatic rings. The molecule has 1 aromatic carbocycles. The lowest BCUT2D eigenvalue weighted by molar-refractivity contribution is 0.552. The van der Waals surface area contributed by atoms with Crippen LogP contribution in [0.4, 0.5) is 0 Å². The summed E-state index contributed by atoms with van der Waals surface area (Å²) >= 11 is 11.2. The summed E-state index contributed by atoms with van der Waals surface area (Å²) in [6, 6.07) is 10.9. The summed E-state index contributed by atoms with van der Waals surface area (Å²) in [6.07, 6.45) is 10.5. The van der Waals surface area contributed by atoms with Crippen molar-refractivity contribution in [2.45, 2.75) is 72.8 Å². The Bertz CT molecular complexity index is 471. The first-order chi connectivity index (χ1) is 11.0. The van der Waals surface area contributed by atoms with E-state index in [-0.39, 0.29) is 2.14 Å². The van der Waals surface area contributed by atoms with E-state index in [1.807, 2.05) is 0 Å². The van der Waals surface area contributed by atoms with Crippen LogP contribution in [-0.2, 0) is 6.42 Å². The van der Waals surface area contributed by atoms with Gasteiger partial charge in [-0.3, -0.25) is 0 Å². The van der Waals surface area contributed by atoms with E-state index in [1.54, 1.807) is 0 Å². The van der Waals surface area contributed by atoms with Crippen molar-refractivity contribution in [2.75, 3.05) is 0 Å². The van der Waals surface area contributed by atoms with E-state index in [2.05, 4.69) is 85.0 Å². The largest absolute Gasteiger partial charge is 0.198 e. The lowest BCUT2D eigenvalue weighted by atomic mass is 9.93. The van der Waals surface area contributed by atoms with Gasteiger partial charge in [-0.05, 0) is 24.0 Å². The van der Waals surface area contributed by atoms with Gasteiger partial charge in [0.25, 0.3) is 0 Å². The van der Waals surface area contributed by atoms with Gasteiger partial charge in [-0.1, -0.05) is 118 Å². The molecule has 1 nitrogen and oxygen atoms in total. The quantitative estimate of drug-likeness (QED) is 0.234.